The van der Waals surface area contributed by atoms with Crippen LogP contribution in [0.15, 0.2) is 104 Å². The molecule has 2 aromatic heterocycles. The van der Waals surface area contributed by atoms with Crippen LogP contribution >= 0.6 is 0 Å². The lowest BCUT2D eigenvalue weighted by Gasteiger charge is -2.10. The summed E-state index contributed by atoms with van der Waals surface area (Å²) in [6, 6.07) is 17.6. The number of rotatable bonds is 4. The van der Waals surface area contributed by atoms with Crippen LogP contribution in [0.4, 0.5) is 0 Å². The van der Waals surface area contributed by atoms with Gasteiger partial charge in [-0.05, 0) is 35.4 Å². The lowest BCUT2D eigenvalue weighted by Crippen LogP contribution is -2.05. The zero-order valence-corrected chi connectivity index (χ0v) is 19.9. The maximum Gasteiger partial charge on any atom is 0.204 e. The Balaban J connectivity index is 1.31. The molecule has 0 unspecified atom stereocenters. The molecular formula is C30H18O9. The molecule has 9 nitrogen and oxygen atoms in total. The molecule has 0 saturated carbocycles. The summed E-state index contributed by atoms with van der Waals surface area (Å²) in [6.45, 7) is 0. The van der Waals surface area contributed by atoms with Crippen LogP contribution in [0.3, 0.4) is 0 Å². The number of fused-ring (bicyclic) bond motifs is 2. The second-order valence-electron chi connectivity index (χ2n) is 8.78. The largest absolute Gasteiger partial charge is 0.508 e. The van der Waals surface area contributed by atoms with E-state index >= 15 is 0 Å². The first kappa shape index (κ1) is 23.7. The third kappa shape index (κ3) is 4.17. The molecule has 192 valence electrons. The molecule has 6 aromatic rings. The Bertz CT molecular complexity index is 2000. The van der Waals surface area contributed by atoms with Gasteiger partial charge in [-0.3, -0.25) is 9.59 Å². The minimum absolute atomic E-state index is 0.0112. The van der Waals surface area contributed by atoms with Crippen LogP contribution in [-0.2, 0) is 0 Å². The number of ether oxygens (including phenoxy) is 1. The zero-order valence-electron chi connectivity index (χ0n) is 19.9. The molecule has 0 radical (unpaired) electrons. The molecule has 4 aromatic carbocycles. The Hall–Kier alpha value is -5.70. The van der Waals surface area contributed by atoms with E-state index in [1.807, 2.05) is 0 Å². The van der Waals surface area contributed by atoms with Crippen LogP contribution in [0.1, 0.15) is 0 Å². The van der Waals surface area contributed by atoms with E-state index in [2.05, 4.69) is 0 Å². The Kier molecular flexibility index (Phi) is 5.46. The van der Waals surface area contributed by atoms with Crippen molar-refractivity contribution in [2.24, 2.45) is 0 Å². The molecule has 0 saturated heterocycles. The average Bonchev–Trinajstić information content (AvgIpc) is 2.90. The minimum Gasteiger partial charge on any atom is -0.508 e. The molecule has 2 heterocycles. The highest BCUT2D eigenvalue weighted by Gasteiger charge is 2.16. The summed E-state index contributed by atoms with van der Waals surface area (Å²) in [4.78, 5) is 26.0. The van der Waals surface area contributed by atoms with Crippen LogP contribution in [0.25, 0.3) is 44.2 Å². The summed E-state index contributed by atoms with van der Waals surface area (Å²) in [6.07, 6.45) is 2.53. The number of benzene rings is 4. The summed E-state index contributed by atoms with van der Waals surface area (Å²) >= 11 is 0. The van der Waals surface area contributed by atoms with Gasteiger partial charge in [-0.1, -0.05) is 24.3 Å². The zero-order chi connectivity index (χ0) is 27.3. The number of hydrogen-bond acceptors (Lipinski definition) is 9. The highest BCUT2D eigenvalue weighted by molar-refractivity contribution is 5.89. The molecule has 0 fully saturated rings. The van der Waals surface area contributed by atoms with Crippen LogP contribution in [0.2, 0.25) is 0 Å². The fourth-order valence-corrected chi connectivity index (χ4v) is 4.36. The number of aromatic hydroxyl groups is 4. The quantitative estimate of drug-likeness (QED) is 0.224. The van der Waals surface area contributed by atoms with Crippen LogP contribution in [-0.4, -0.2) is 20.4 Å². The fourth-order valence-electron chi connectivity index (χ4n) is 4.36. The van der Waals surface area contributed by atoms with Gasteiger partial charge in [0.15, 0.2) is 0 Å². The van der Waals surface area contributed by atoms with Crippen LogP contribution in [0.5, 0.6) is 34.5 Å². The Morgan fingerprint density at radius 2 is 1.05 bits per heavy atom. The highest BCUT2D eigenvalue weighted by Crippen LogP contribution is 2.34. The summed E-state index contributed by atoms with van der Waals surface area (Å²) in [5.41, 5.74) is 0.717. The van der Waals surface area contributed by atoms with Gasteiger partial charge in [0, 0.05) is 24.3 Å². The van der Waals surface area contributed by atoms with Gasteiger partial charge in [-0.15, -0.1) is 0 Å². The molecule has 0 aliphatic heterocycles. The van der Waals surface area contributed by atoms with E-state index in [0.717, 1.165) is 6.07 Å². The van der Waals surface area contributed by atoms with Gasteiger partial charge >= 0.3 is 0 Å². The minimum atomic E-state index is -0.469. The van der Waals surface area contributed by atoms with Gasteiger partial charge in [0.2, 0.25) is 10.9 Å². The summed E-state index contributed by atoms with van der Waals surface area (Å²) in [7, 11) is 0. The van der Waals surface area contributed by atoms with Crippen molar-refractivity contribution in [2.45, 2.75) is 0 Å². The maximum atomic E-state index is 13.0. The molecule has 0 spiro atoms. The van der Waals surface area contributed by atoms with E-state index in [0.29, 0.717) is 16.9 Å². The van der Waals surface area contributed by atoms with Crippen molar-refractivity contribution >= 4 is 21.9 Å². The molecule has 0 atom stereocenters. The van der Waals surface area contributed by atoms with Crippen molar-refractivity contribution in [3.63, 3.8) is 0 Å². The maximum absolute atomic E-state index is 13.0. The number of phenols is 4. The Morgan fingerprint density at radius 1 is 0.538 bits per heavy atom. The predicted octanol–water partition coefficient (Wildman–Crippen LogP) is 5.85. The lowest BCUT2D eigenvalue weighted by molar-refractivity contribution is 0.451. The van der Waals surface area contributed by atoms with E-state index in [9.17, 15) is 30.0 Å². The Morgan fingerprint density at radius 3 is 1.64 bits per heavy atom. The summed E-state index contributed by atoms with van der Waals surface area (Å²) < 4.78 is 16.9. The van der Waals surface area contributed by atoms with Crippen molar-refractivity contribution in [2.75, 3.05) is 0 Å². The standard InChI is InChI=1S/C30H18O9/c31-17-5-1-15(2-6-17)21-14-38-26-12-20(11-24(34)28(26)30(21)36)39-19-7-3-16(4-8-19)22-13-37-25-10-18(32)9-23(33)27(25)29(22)35/h1-14,31-34H. The molecule has 6 rings (SSSR count). The van der Waals surface area contributed by atoms with Crippen LogP contribution in [0, 0.1) is 0 Å². The molecule has 0 amide bonds. The third-order valence-electron chi connectivity index (χ3n) is 6.25. The van der Waals surface area contributed by atoms with Crippen molar-refractivity contribution in [1.29, 1.82) is 0 Å². The Labute approximate surface area is 218 Å². The van der Waals surface area contributed by atoms with Crippen molar-refractivity contribution < 1.29 is 34.0 Å². The molecule has 0 bridgehead atoms. The molecule has 4 N–H and O–H groups in total. The van der Waals surface area contributed by atoms with Crippen molar-refractivity contribution in [3.8, 4) is 56.8 Å². The molecule has 39 heavy (non-hydrogen) atoms. The normalized spacial score (nSPS) is 11.2. The van der Waals surface area contributed by atoms with Gasteiger partial charge in [0.25, 0.3) is 0 Å². The van der Waals surface area contributed by atoms with E-state index in [4.69, 9.17) is 13.6 Å². The monoisotopic (exact) mass is 522 g/mol. The molecule has 0 aliphatic carbocycles. The topological polar surface area (TPSA) is 151 Å². The van der Waals surface area contributed by atoms with Crippen molar-refractivity contribution in [3.05, 3.63) is 106 Å². The van der Waals surface area contributed by atoms with Gasteiger partial charge < -0.3 is 34.0 Å². The second kappa shape index (κ2) is 9.00. The van der Waals surface area contributed by atoms with E-state index in [1.165, 1.54) is 42.9 Å². The number of hydrogen-bond donors (Lipinski definition) is 4. The van der Waals surface area contributed by atoms with Crippen molar-refractivity contribution in [1.82, 2.24) is 0 Å². The molecule has 0 aliphatic rings. The number of phenolic OH excluding ortho intramolecular Hbond substituents is 4. The first-order valence-electron chi connectivity index (χ1n) is 11.6. The summed E-state index contributed by atoms with van der Waals surface area (Å²) in [5, 5.41) is 39.8. The van der Waals surface area contributed by atoms with E-state index in [-0.39, 0.29) is 56.1 Å². The molecular weight excluding hydrogens is 504 g/mol. The SMILES string of the molecule is O=c1c(-c2ccc(Oc3cc(O)c4c(=O)c(-c5ccc(O)cc5)coc4c3)cc2)coc2cc(O)cc(O)c12. The highest BCUT2D eigenvalue weighted by atomic mass is 16.5. The van der Waals surface area contributed by atoms with Crippen LogP contribution < -0.4 is 15.6 Å². The second-order valence-corrected chi connectivity index (χ2v) is 8.78. The third-order valence-corrected chi connectivity index (χ3v) is 6.25. The van der Waals surface area contributed by atoms with E-state index in [1.54, 1.807) is 36.4 Å². The first-order valence-corrected chi connectivity index (χ1v) is 11.6. The summed E-state index contributed by atoms with van der Waals surface area (Å²) in [5.74, 6) is -0.301. The average molecular weight is 522 g/mol. The first-order chi connectivity index (χ1) is 18.8. The van der Waals surface area contributed by atoms with E-state index < -0.39 is 16.6 Å². The predicted molar refractivity (Wildman–Crippen MR) is 143 cm³/mol. The smallest absolute Gasteiger partial charge is 0.204 e. The van der Waals surface area contributed by atoms with Gasteiger partial charge in [0.1, 0.15) is 69.0 Å². The van der Waals surface area contributed by atoms with Gasteiger partial charge in [0.05, 0.1) is 11.1 Å². The fraction of sp³-hybridized carbons (Fsp3) is 0. The van der Waals surface area contributed by atoms with Gasteiger partial charge in [-0.25, -0.2) is 0 Å². The lowest BCUT2D eigenvalue weighted by atomic mass is 10.0. The van der Waals surface area contributed by atoms with Gasteiger partial charge in [-0.2, -0.15) is 0 Å². The molecule has 9 heteroatoms.